The van der Waals surface area contributed by atoms with Gasteiger partial charge in [0.15, 0.2) is 5.72 Å². The van der Waals surface area contributed by atoms with Gasteiger partial charge in [-0.25, -0.2) is 4.79 Å². The third-order valence-corrected chi connectivity index (χ3v) is 3.55. The first-order chi connectivity index (χ1) is 8.90. The average Bonchev–Trinajstić information content (AvgIpc) is 2.35. The van der Waals surface area contributed by atoms with E-state index in [2.05, 4.69) is 0 Å². The van der Waals surface area contributed by atoms with E-state index in [1.54, 1.807) is 12.1 Å². The van der Waals surface area contributed by atoms with E-state index in [0.29, 0.717) is 17.0 Å². The Morgan fingerprint density at radius 1 is 1.47 bits per heavy atom. The molecular weight excluding hydrogens is 266 g/mol. The molecule has 0 aromatic heterocycles. The highest BCUT2D eigenvalue weighted by molar-refractivity contribution is 6.31. The van der Waals surface area contributed by atoms with Gasteiger partial charge in [0.1, 0.15) is 0 Å². The van der Waals surface area contributed by atoms with Crippen molar-refractivity contribution >= 4 is 17.7 Å². The molecule has 106 valence electrons. The van der Waals surface area contributed by atoms with Crippen LogP contribution in [0.3, 0.4) is 0 Å². The summed E-state index contributed by atoms with van der Waals surface area (Å²) in [6, 6.07) is 6.94. The van der Waals surface area contributed by atoms with Gasteiger partial charge in [0.25, 0.3) is 0 Å². The van der Waals surface area contributed by atoms with Crippen LogP contribution in [0.5, 0.6) is 0 Å². The van der Waals surface area contributed by atoms with Crippen LogP contribution in [0.2, 0.25) is 5.02 Å². The Morgan fingerprint density at radius 2 is 2.05 bits per heavy atom. The summed E-state index contributed by atoms with van der Waals surface area (Å²) < 4.78 is 5.60. The van der Waals surface area contributed by atoms with Crippen LogP contribution in [0.15, 0.2) is 24.3 Å². The van der Waals surface area contributed by atoms with Crippen molar-refractivity contribution in [1.82, 2.24) is 4.90 Å². The summed E-state index contributed by atoms with van der Waals surface area (Å²) in [5.41, 5.74) is -0.406. The first kappa shape index (κ1) is 15.8. The summed E-state index contributed by atoms with van der Waals surface area (Å²) in [7, 11) is 1.51. The molecule has 0 saturated heterocycles. The van der Waals surface area contributed by atoms with Crippen molar-refractivity contribution in [2.75, 3.05) is 7.11 Å². The molecule has 0 spiro atoms. The number of halogens is 1. The summed E-state index contributed by atoms with van der Waals surface area (Å²) >= 11 is 6.22. The minimum atomic E-state index is -1.07. The molecule has 0 fully saturated rings. The highest BCUT2D eigenvalue weighted by Gasteiger charge is 2.43. The summed E-state index contributed by atoms with van der Waals surface area (Å²) in [6.45, 7) is 5.51. The van der Waals surface area contributed by atoms with E-state index >= 15 is 0 Å². The van der Waals surface area contributed by atoms with E-state index in [4.69, 9.17) is 16.3 Å². The monoisotopic (exact) mass is 285 g/mol. The lowest BCUT2D eigenvalue weighted by Gasteiger charge is -2.43. The molecule has 4 nitrogen and oxygen atoms in total. The molecule has 0 bridgehead atoms. The number of rotatable bonds is 5. The highest BCUT2D eigenvalue weighted by Crippen LogP contribution is 2.38. The lowest BCUT2D eigenvalue weighted by Crippen LogP contribution is -2.53. The molecule has 0 aliphatic heterocycles. The number of benzene rings is 1. The smallest absolute Gasteiger partial charge is 0.410 e. The summed E-state index contributed by atoms with van der Waals surface area (Å²) in [4.78, 5) is 12.9. The largest absolute Gasteiger partial charge is 0.465 e. The zero-order valence-corrected chi connectivity index (χ0v) is 12.4. The molecule has 1 aromatic rings. The molecule has 1 N–H and O–H groups in total. The van der Waals surface area contributed by atoms with Gasteiger partial charge in [-0.1, -0.05) is 36.7 Å². The van der Waals surface area contributed by atoms with Crippen molar-refractivity contribution in [3.05, 3.63) is 34.9 Å². The van der Waals surface area contributed by atoms with Gasteiger partial charge in [-0.2, -0.15) is 0 Å². The van der Waals surface area contributed by atoms with Crippen LogP contribution >= 0.6 is 11.6 Å². The topological polar surface area (TPSA) is 49.8 Å². The fourth-order valence-electron chi connectivity index (χ4n) is 2.41. The van der Waals surface area contributed by atoms with E-state index in [1.165, 1.54) is 12.0 Å². The van der Waals surface area contributed by atoms with Crippen LogP contribution in [0, 0.1) is 0 Å². The van der Waals surface area contributed by atoms with Crippen LogP contribution < -0.4 is 0 Å². The molecule has 0 aliphatic carbocycles. The molecular formula is C14H20ClNO3. The van der Waals surface area contributed by atoms with E-state index in [-0.39, 0.29) is 6.04 Å². The number of amides is 1. The normalized spacial score (nSPS) is 14.2. The summed E-state index contributed by atoms with van der Waals surface area (Å²) in [5.74, 6) is 0. The molecule has 1 atom stereocenters. The second-order valence-electron chi connectivity index (χ2n) is 4.57. The highest BCUT2D eigenvalue weighted by atomic mass is 35.5. The number of ether oxygens (including phenoxy) is 1. The minimum absolute atomic E-state index is 0.228. The number of nitrogens with zero attached hydrogens (tertiary/aromatic N) is 1. The lowest BCUT2D eigenvalue weighted by atomic mass is 9.96. The molecule has 0 radical (unpaired) electrons. The quantitative estimate of drug-likeness (QED) is 0.834. The van der Waals surface area contributed by atoms with Crippen LogP contribution in [0.25, 0.3) is 0 Å². The maximum atomic E-state index is 11.6. The van der Waals surface area contributed by atoms with Crippen molar-refractivity contribution in [3.8, 4) is 0 Å². The van der Waals surface area contributed by atoms with Crippen molar-refractivity contribution in [2.24, 2.45) is 0 Å². The maximum Gasteiger partial charge on any atom is 0.410 e. The van der Waals surface area contributed by atoms with Crippen LogP contribution in [-0.4, -0.2) is 29.3 Å². The second kappa shape index (κ2) is 6.26. The molecule has 0 saturated carbocycles. The van der Waals surface area contributed by atoms with Crippen molar-refractivity contribution < 1.29 is 14.6 Å². The Labute approximate surface area is 118 Å². The van der Waals surface area contributed by atoms with Gasteiger partial charge < -0.3 is 9.84 Å². The Hall–Kier alpha value is -1.26. The fourth-order valence-corrected chi connectivity index (χ4v) is 2.70. The van der Waals surface area contributed by atoms with Gasteiger partial charge in [0.05, 0.1) is 0 Å². The van der Waals surface area contributed by atoms with E-state index < -0.39 is 11.8 Å². The number of methoxy groups -OCH3 is 1. The molecule has 19 heavy (non-hydrogen) atoms. The van der Waals surface area contributed by atoms with Gasteiger partial charge >= 0.3 is 6.09 Å². The molecule has 1 amide bonds. The third kappa shape index (κ3) is 2.85. The number of hydrogen-bond donors (Lipinski definition) is 1. The predicted molar refractivity (Wildman–Crippen MR) is 75.4 cm³/mol. The lowest BCUT2D eigenvalue weighted by molar-refractivity contribution is -0.141. The van der Waals surface area contributed by atoms with Crippen molar-refractivity contribution in [1.29, 1.82) is 0 Å². The first-order valence-corrected chi connectivity index (χ1v) is 6.61. The van der Waals surface area contributed by atoms with E-state index in [1.807, 2.05) is 32.9 Å². The van der Waals surface area contributed by atoms with Crippen LogP contribution in [0.4, 0.5) is 4.79 Å². The number of carboxylic acid groups (broad SMARTS) is 1. The Kier molecular flexibility index (Phi) is 5.20. The van der Waals surface area contributed by atoms with Gasteiger partial charge in [0.2, 0.25) is 0 Å². The molecule has 1 rings (SSSR count). The SMILES string of the molecule is CC[C@](OC)(c1ccccc1Cl)N(C(=O)O)C(C)C. The standard InChI is InChI=1S/C14H20ClNO3/c1-5-14(19-4,16(10(2)3)13(17)18)11-8-6-7-9-12(11)15/h6-10H,5H2,1-4H3,(H,17,18)/t14-/m0/s1. The Balaban J connectivity index is 3.47. The molecule has 0 heterocycles. The van der Waals surface area contributed by atoms with Crippen molar-refractivity contribution in [3.63, 3.8) is 0 Å². The van der Waals surface area contributed by atoms with Gasteiger partial charge in [0, 0.05) is 23.7 Å². The maximum absolute atomic E-state index is 11.6. The summed E-state index contributed by atoms with van der Waals surface area (Å²) in [6.07, 6.45) is -0.559. The van der Waals surface area contributed by atoms with E-state index in [0.717, 1.165) is 0 Å². The average molecular weight is 286 g/mol. The predicted octanol–water partition coefficient (Wildman–Crippen LogP) is 3.94. The van der Waals surface area contributed by atoms with E-state index in [9.17, 15) is 9.90 Å². The molecule has 0 unspecified atom stereocenters. The number of hydrogen-bond acceptors (Lipinski definition) is 2. The van der Waals surface area contributed by atoms with Gasteiger partial charge in [-0.15, -0.1) is 0 Å². The van der Waals surface area contributed by atoms with Crippen molar-refractivity contribution in [2.45, 2.75) is 39.0 Å². The molecule has 5 heteroatoms. The molecule has 1 aromatic carbocycles. The Morgan fingerprint density at radius 3 is 2.42 bits per heavy atom. The Bertz CT molecular complexity index is 444. The fraction of sp³-hybridized carbons (Fsp3) is 0.500. The van der Waals surface area contributed by atoms with Gasteiger partial charge in [-0.3, -0.25) is 4.90 Å². The zero-order valence-electron chi connectivity index (χ0n) is 11.7. The third-order valence-electron chi connectivity index (χ3n) is 3.22. The summed E-state index contributed by atoms with van der Waals surface area (Å²) in [5, 5.41) is 9.99. The first-order valence-electron chi connectivity index (χ1n) is 6.23. The second-order valence-corrected chi connectivity index (χ2v) is 4.98. The zero-order chi connectivity index (χ0) is 14.6. The number of carbonyl (C=O) groups is 1. The minimum Gasteiger partial charge on any atom is -0.465 e. The van der Waals surface area contributed by atoms with Crippen LogP contribution in [0.1, 0.15) is 32.8 Å². The van der Waals surface area contributed by atoms with Crippen LogP contribution in [-0.2, 0) is 10.5 Å². The van der Waals surface area contributed by atoms with Gasteiger partial charge in [-0.05, 0) is 26.3 Å². The molecule has 0 aliphatic rings.